The second-order valence-corrected chi connectivity index (χ2v) is 15.6. The molecule has 2 saturated heterocycles. The van der Waals surface area contributed by atoms with Gasteiger partial charge in [-0.05, 0) is 73.3 Å². The third kappa shape index (κ3) is 7.01. The Bertz CT molecular complexity index is 1930. The highest BCUT2D eigenvalue weighted by atomic mass is 16.5. The predicted octanol–water partition coefficient (Wildman–Crippen LogP) is 6.10. The summed E-state index contributed by atoms with van der Waals surface area (Å²) in [5.41, 5.74) is 3.67. The lowest BCUT2D eigenvalue weighted by Gasteiger charge is -2.32. The first-order valence-corrected chi connectivity index (χ1v) is 18.9. The van der Waals surface area contributed by atoms with E-state index in [2.05, 4.69) is 57.0 Å². The average Bonchev–Trinajstić information content (AvgIpc) is 3.65. The number of benzene rings is 2. The van der Waals surface area contributed by atoms with Crippen LogP contribution in [0.5, 0.6) is 0 Å². The largest absolute Gasteiger partial charge is 0.453 e. The molecule has 2 aliphatic heterocycles. The van der Waals surface area contributed by atoms with Crippen molar-refractivity contribution in [2.45, 2.75) is 96.6 Å². The number of likely N-dealkylation sites (tertiary alicyclic amines) is 2. The highest BCUT2D eigenvalue weighted by molar-refractivity contribution is 5.90. The van der Waals surface area contributed by atoms with Crippen LogP contribution in [-0.4, -0.2) is 92.1 Å². The van der Waals surface area contributed by atoms with Gasteiger partial charge in [-0.3, -0.25) is 9.59 Å². The number of nitrogens with one attached hydrogen (secondary N) is 4. The molecule has 4 N–H and O–H groups in total. The van der Waals surface area contributed by atoms with Crippen molar-refractivity contribution in [3.8, 4) is 22.5 Å². The fraction of sp³-hybridized carbons (Fsp3) is 0.500. The van der Waals surface area contributed by atoms with E-state index in [0.717, 1.165) is 64.8 Å². The number of carbonyl (C=O) groups excluding carboxylic acids is 4. The molecule has 286 valence electrons. The van der Waals surface area contributed by atoms with Gasteiger partial charge in [0.1, 0.15) is 23.7 Å². The van der Waals surface area contributed by atoms with Gasteiger partial charge in [0.05, 0.1) is 50.1 Å². The number of piperidine rings is 1. The maximum absolute atomic E-state index is 13.8. The number of H-pyrrole nitrogens is 2. The quantitative estimate of drug-likeness (QED) is 0.151. The first kappa shape index (κ1) is 36.9. The van der Waals surface area contributed by atoms with Crippen LogP contribution in [0.2, 0.25) is 0 Å². The van der Waals surface area contributed by atoms with Crippen LogP contribution in [0.4, 0.5) is 9.59 Å². The Hall–Kier alpha value is -5.40. The van der Waals surface area contributed by atoms with Crippen molar-refractivity contribution in [3.05, 3.63) is 60.4 Å². The number of hydrogen-bond donors (Lipinski definition) is 4. The molecule has 1 saturated carbocycles. The summed E-state index contributed by atoms with van der Waals surface area (Å²) in [6.07, 6.45) is 5.79. The molecule has 1 aliphatic carbocycles. The number of alkyl carbamates (subject to hydrolysis) is 2. The molecule has 0 radical (unpaired) electrons. The minimum atomic E-state index is -0.708. The summed E-state index contributed by atoms with van der Waals surface area (Å²) in [6, 6.07) is 10.8. The Morgan fingerprint density at radius 1 is 0.722 bits per heavy atom. The zero-order valence-corrected chi connectivity index (χ0v) is 31.9. The molecule has 2 aromatic heterocycles. The first-order chi connectivity index (χ1) is 25.9. The van der Waals surface area contributed by atoms with Gasteiger partial charge in [0.2, 0.25) is 11.8 Å². The van der Waals surface area contributed by atoms with Gasteiger partial charge in [-0.25, -0.2) is 19.6 Å². The Labute approximate surface area is 314 Å². The van der Waals surface area contributed by atoms with Crippen LogP contribution in [-0.2, 0) is 19.1 Å². The van der Waals surface area contributed by atoms with Gasteiger partial charge in [0.25, 0.3) is 0 Å². The minimum Gasteiger partial charge on any atom is -0.453 e. The number of methoxy groups -OCH3 is 2. The van der Waals surface area contributed by atoms with Gasteiger partial charge in [-0.15, -0.1) is 0 Å². The number of aromatic nitrogens is 4. The zero-order valence-electron chi connectivity index (χ0n) is 31.9. The second kappa shape index (κ2) is 14.8. The van der Waals surface area contributed by atoms with Crippen LogP contribution < -0.4 is 10.6 Å². The van der Waals surface area contributed by atoms with Crippen LogP contribution in [0.15, 0.2) is 48.8 Å². The molecule has 7 rings (SSSR count). The Balaban J connectivity index is 1.07. The van der Waals surface area contributed by atoms with Gasteiger partial charge >= 0.3 is 12.2 Å². The van der Waals surface area contributed by atoms with E-state index in [4.69, 9.17) is 19.4 Å². The van der Waals surface area contributed by atoms with Crippen LogP contribution in [0, 0.1) is 17.8 Å². The van der Waals surface area contributed by atoms with Gasteiger partial charge < -0.3 is 39.9 Å². The lowest BCUT2D eigenvalue weighted by molar-refractivity contribution is -0.137. The minimum absolute atomic E-state index is 0.00432. The molecule has 54 heavy (non-hydrogen) atoms. The fourth-order valence-corrected chi connectivity index (χ4v) is 8.25. The maximum atomic E-state index is 13.8. The van der Waals surface area contributed by atoms with E-state index in [-0.39, 0.29) is 47.8 Å². The van der Waals surface area contributed by atoms with Gasteiger partial charge in [-0.1, -0.05) is 52.0 Å². The standard InChI is InChI=1S/C40H50N8O6/c1-20(2)33(45-39(51)53-6)37(49)47-22(5)8-13-30(47)35-41-18-28(43-35)25-11-9-24-15-26(12-10-23(24)14-25)29-19-42-36(44-29)32-17-27-16-31(27)48(32)38(50)34(21(3)4)46-40(52)54-7/h9-12,14-15,18-22,27,30-34H,8,13,16-17H2,1-7H3,(H,41,43)(H,42,44)(H,45,51)(H,46,52)/t22-,27+,30-,31+,32-,33-,34-/m0/s1. The van der Waals surface area contributed by atoms with Crippen LogP contribution in [0.3, 0.4) is 0 Å². The Kier molecular flexibility index (Phi) is 10.1. The van der Waals surface area contributed by atoms with Crippen molar-refractivity contribution < 1.29 is 28.7 Å². The summed E-state index contributed by atoms with van der Waals surface area (Å²) in [5, 5.41) is 7.56. The number of rotatable bonds is 10. The summed E-state index contributed by atoms with van der Waals surface area (Å²) in [5.74, 6) is 1.42. The topological polar surface area (TPSA) is 175 Å². The summed E-state index contributed by atoms with van der Waals surface area (Å²) in [4.78, 5) is 71.9. The van der Waals surface area contributed by atoms with Crippen LogP contribution >= 0.6 is 0 Å². The highest BCUT2D eigenvalue weighted by Gasteiger charge is 2.56. The molecule has 7 atom stereocenters. The molecule has 3 fully saturated rings. The van der Waals surface area contributed by atoms with E-state index < -0.39 is 24.3 Å². The lowest BCUT2D eigenvalue weighted by Crippen LogP contribution is -2.52. The molecule has 0 unspecified atom stereocenters. The van der Waals surface area contributed by atoms with Crippen molar-refractivity contribution >= 4 is 34.8 Å². The van der Waals surface area contributed by atoms with Crippen LogP contribution in [0.1, 0.15) is 84.0 Å². The molecular formula is C40H50N8O6. The number of carbonyl (C=O) groups is 4. The maximum Gasteiger partial charge on any atom is 0.407 e. The number of ether oxygens (including phenoxy) is 2. The third-order valence-corrected chi connectivity index (χ3v) is 11.3. The number of imidazole rings is 2. The third-order valence-electron chi connectivity index (χ3n) is 11.3. The monoisotopic (exact) mass is 738 g/mol. The highest BCUT2D eigenvalue weighted by Crippen LogP contribution is 2.53. The summed E-state index contributed by atoms with van der Waals surface area (Å²) >= 11 is 0. The van der Waals surface area contributed by atoms with Gasteiger partial charge in [0, 0.05) is 23.2 Å². The van der Waals surface area contributed by atoms with Crippen molar-refractivity contribution in [3.63, 3.8) is 0 Å². The average molecular weight is 739 g/mol. The second-order valence-electron chi connectivity index (χ2n) is 15.6. The van der Waals surface area contributed by atoms with Gasteiger partial charge in [0.15, 0.2) is 0 Å². The molecule has 14 nitrogen and oxygen atoms in total. The van der Waals surface area contributed by atoms with E-state index >= 15 is 0 Å². The molecule has 0 spiro atoms. The fourth-order valence-electron chi connectivity index (χ4n) is 8.25. The molecule has 0 bridgehead atoms. The van der Waals surface area contributed by atoms with E-state index in [1.54, 1.807) is 0 Å². The van der Waals surface area contributed by atoms with E-state index in [0.29, 0.717) is 11.7 Å². The van der Waals surface area contributed by atoms with Crippen molar-refractivity contribution in [2.75, 3.05) is 14.2 Å². The Morgan fingerprint density at radius 2 is 1.22 bits per heavy atom. The predicted molar refractivity (Wildman–Crippen MR) is 202 cm³/mol. The molecule has 4 aromatic rings. The summed E-state index contributed by atoms with van der Waals surface area (Å²) in [7, 11) is 2.59. The lowest BCUT2D eigenvalue weighted by atomic mass is 10.0. The van der Waals surface area contributed by atoms with Crippen molar-refractivity contribution in [1.82, 2.24) is 40.4 Å². The molecule has 2 aromatic carbocycles. The number of aromatic amines is 2. The van der Waals surface area contributed by atoms with E-state index in [1.807, 2.05) is 56.8 Å². The number of amides is 4. The normalized spacial score (nSPS) is 23.0. The molecular weight excluding hydrogens is 688 g/mol. The first-order valence-electron chi connectivity index (χ1n) is 18.9. The van der Waals surface area contributed by atoms with Gasteiger partial charge in [-0.2, -0.15) is 0 Å². The van der Waals surface area contributed by atoms with E-state index in [1.165, 1.54) is 14.2 Å². The summed E-state index contributed by atoms with van der Waals surface area (Å²) < 4.78 is 9.58. The number of fused-ring (bicyclic) bond motifs is 2. The van der Waals surface area contributed by atoms with Crippen molar-refractivity contribution in [1.29, 1.82) is 0 Å². The van der Waals surface area contributed by atoms with E-state index in [9.17, 15) is 19.2 Å². The van der Waals surface area contributed by atoms with Crippen molar-refractivity contribution in [2.24, 2.45) is 17.8 Å². The SMILES string of the molecule is COC(=O)N[C@H](C(=O)N1[C@@H]2C[C@@H]2C[C@H]1c1ncc(-c2ccc3cc(-c4cnc([C@@H]5CC[C@H](C)N5C(=O)[C@@H](NC(=O)OC)C(C)C)[nH]4)ccc3c2)[nH]1)C(C)C. The smallest absolute Gasteiger partial charge is 0.407 e. The number of nitrogens with zero attached hydrogens (tertiary/aromatic N) is 4. The molecule has 4 amide bonds. The molecule has 14 heteroatoms. The number of hydrogen-bond acceptors (Lipinski definition) is 8. The van der Waals surface area contributed by atoms with Crippen LogP contribution in [0.25, 0.3) is 33.3 Å². The Morgan fingerprint density at radius 3 is 1.72 bits per heavy atom. The molecule has 4 heterocycles. The zero-order chi connectivity index (χ0) is 38.4. The summed E-state index contributed by atoms with van der Waals surface area (Å²) in [6.45, 7) is 9.67. The molecule has 3 aliphatic rings.